The molecule has 338 valence electrons. The Morgan fingerprint density at radius 3 is 1.35 bits per heavy atom. The summed E-state index contributed by atoms with van der Waals surface area (Å²) >= 11 is 0. The molecule has 1 unspecified atom stereocenters. The summed E-state index contributed by atoms with van der Waals surface area (Å²) in [5.74, 6) is -7.40. The number of aliphatic carboxylic acids is 1. The van der Waals surface area contributed by atoms with Gasteiger partial charge in [-0.3, -0.25) is 38.4 Å². The number of rotatable bonds is 36. The molecule has 0 bridgehead atoms. The van der Waals surface area contributed by atoms with Crippen LogP contribution in [0.4, 0.5) is 0 Å². The molecule has 0 aliphatic carbocycles. The first kappa shape index (κ1) is 54.4. The molecule has 1 aromatic carbocycles. The fraction of sp³-hybridized carbons (Fsp3) is 0.720. The number of carbonyl (C=O) groups excluding carboxylic acids is 7. The van der Waals surface area contributed by atoms with Crippen molar-refractivity contribution in [2.75, 3.05) is 0 Å². The summed E-state index contributed by atoms with van der Waals surface area (Å²) in [6.45, 7) is 15.0. The lowest BCUT2D eigenvalue weighted by Gasteiger charge is -2.24. The zero-order chi connectivity index (χ0) is 45.4. The Kier molecular flexibility index (Phi) is 26.8. The fourth-order valence-electron chi connectivity index (χ4n) is 8.18. The molecule has 0 fully saturated rings. The number of aliphatic hydroxyl groups excluding tert-OH is 1. The second kappa shape index (κ2) is 29.6. The van der Waals surface area contributed by atoms with Crippen LogP contribution < -0.4 is 0 Å². The highest BCUT2D eigenvalue weighted by atomic mass is 16.4. The minimum absolute atomic E-state index is 0.00441. The first-order valence-corrected chi connectivity index (χ1v) is 23.0. The van der Waals surface area contributed by atoms with Gasteiger partial charge < -0.3 is 10.2 Å². The van der Waals surface area contributed by atoms with Gasteiger partial charge in [-0.15, -0.1) is 0 Å². The van der Waals surface area contributed by atoms with Crippen molar-refractivity contribution in [3.63, 3.8) is 0 Å². The predicted molar refractivity (Wildman–Crippen MR) is 235 cm³/mol. The molecule has 0 radical (unpaired) electrons. The third-order valence-electron chi connectivity index (χ3n) is 11.9. The lowest BCUT2D eigenvalue weighted by molar-refractivity contribution is -0.142. The van der Waals surface area contributed by atoms with Gasteiger partial charge in [-0.05, 0) is 50.5 Å². The summed E-state index contributed by atoms with van der Waals surface area (Å²) in [7, 11) is 0. The van der Waals surface area contributed by atoms with Crippen LogP contribution in [0, 0.1) is 47.3 Å². The van der Waals surface area contributed by atoms with Crippen molar-refractivity contribution < 1.29 is 48.6 Å². The summed E-state index contributed by atoms with van der Waals surface area (Å²) in [6, 6.07) is 9.91. The molecule has 0 amide bonds. The number of carboxylic acid groups (broad SMARTS) is 1. The van der Waals surface area contributed by atoms with Crippen LogP contribution in [-0.2, 0) is 44.8 Å². The van der Waals surface area contributed by atoms with Gasteiger partial charge in [0.2, 0.25) is 0 Å². The molecule has 7 atom stereocenters. The Morgan fingerprint density at radius 1 is 0.533 bits per heavy atom. The number of carboxylic acids is 1. The molecule has 1 aromatic rings. The number of unbranched alkanes of at least 4 members (excludes halogenated alkanes) is 3. The number of Topliss-reactive ketones (excluding diaryl/α,β-unsaturated/α-hetero) is 7. The highest BCUT2D eigenvalue weighted by molar-refractivity contribution is 5.97. The maximum absolute atomic E-state index is 14.1. The smallest absolute Gasteiger partial charge is 0.304 e. The van der Waals surface area contributed by atoms with Crippen LogP contribution in [0.5, 0.6) is 0 Å². The Hall–Kier alpha value is -3.66. The average molecular weight is 839 g/mol. The largest absolute Gasteiger partial charge is 0.481 e. The SMILES string of the molecule is CCCC[C@@H](CC(=O)[C@@H](CCCC)CC(=O)[C@@H](Cc1ccccc1)CC(C)C)C(=O)C[C@H](CCCC)C(=O)C[C@H](CC(=O)O)C(=O)CCC(=O)C[C@H](C(=O)C(C)C)C(C)O. The molecular weight excluding hydrogens is 761 g/mol. The Labute approximate surface area is 360 Å². The highest BCUT2D eigenvalue weighted by Crippen LogP contribution is 2.30. The normalized spacial score (nSPS) is 15.1. The molecule has 0 aromatic heterocycles. The highest BCUT2D eigenvalue weighted by Gasteiger charge is 2.34. The van der Waals surface area contributed by atoms with E-state index in [2.05, 4.69) is 13.8 Å². The minimum Gasteiger partial charge on any atom is -0.481 e. The number of ketones is 7. The van der Waals surface area contributed by atoms with Crippen molar-refractivity contribution in [3.05, 3.63) is 35.9 Å². The summed E-state index contributed by atoms with van der Waals surface area (Å²) in [5.41, 5.74) is 1.08. The second-order valence-electron chi connectivity index (χ2n) is 18.1. The average Bonchev–Trinajstić information content (AvgIpc) is 3.19. The van der Waals surface area contributed by atoms with E-state index in [4.69, 9.17) is 0 Å². The van der Waals surface area contributed by atoms with Crippen LogP contribution in [-0.4, -0.2) is 62.8 Å². The molecule has 2 N–H and O–H groups in total. The molecule has 0 saturated carbocycles. The van der Waals surface area contributed by atoms with Gasteiger partial charge >= 0.3 is 5.97 Å². The number of hydrogen-bond acceptors (Lipinski definition) is 9. The number of benzene rings is 1. The second-order valence-corrected chi connectivity index (χ2v) is 18.1. The molecular formula is C50H78O10. The summed E-state index contributed by atoms with van der Waals surface area (Å²) in [4.78, 5) is 107. The van der Waals surface area contributed by atoms with Crippen LogP contribution in [0.2, 0.25) is 0 Å². The standard InChI is InChI=1S/C50H78O10/c1-9-12-20-37(27-46(55)39(22-14-11-3)29-48(57)40(25-33(4)5)26-36-18-16-15-17-19-36)45(54)28-38(21-13-10-2)47(56)30-41(31-49(58)59)44(53)24-23-42(52)32-43(35(8)51)50(60)34(6)7/h15-19,33-35,37-41,43,51H,9-14,20-32H2,1-8H3,(H,58,59)/t35?,37-,38-,39-,40+,41+,43-/m0/s1. The van der Waals surface area contributed by atoms with E-state index in [1.807, 2.05) is 51.1 Å². The number of hydrogen-bond donors (Lipinski definition) is 2. The Morgan fingerprint density at radius 2 is 0.967 bits per heavy atom. The fourth-order valence-corrected chi connectivity index (χ4v) is 8.18. The maximum Gasteiger partial charge on any atom is 0.304 e. The topological polar surface area (TPSA) is 177 Å². The van der Waals surface area contributed by atoms with Gasteiger partial charge in [0, 0.05) is 80.5 Å². The molecule has 10 nitrogen and oxygen atoms in total. The third kappa shape index (κ3) is 21.2. The van der Waals surface area contributed by atoms with Crippen molar-refractivity contribution in [1.82, 2.24) is 0 Å². The zero-order valence-corrected chi connectivity index (χ0v) is 38.2. The summed E-state index contributed by atoms with van der Waals surface area (Å²) < 4.78 is 0. The molecule has 1 rings (SSSR count). The maximum atomic E-state index is 14.1. The molecule has 0 aliphatic rings. The summed E-state index contributed by atoms with van der Waals surface area (Å²) in [5, 5.41) is 19.8. The number of carbonyl (C=O) groups is 8. The Bertz CT molecular complexity index is 1510. The molecule has 0 heterocycles. The van der Waals surface area contributed by atoms with Gasteiger partial charge in [-0.25, -0.2) is 0 Å². The molecule has 10 heteroatoms. The van der Waals surface area contributed by atoms with E-state index in [0.29, 0.717) is 44.4 Å². The predicted octanol–water partition coefficient (Wildman–Crippen LogP) is 9.77. The first-order chi connectivity index (χ1) is 28.3. The van der Waals surface area contributed by atoms with E-state index in [1.165, 1.54) is 6.92 Å². The van der Waals surface area contributed by atoms with Crippen LogP contribution in [0.25, 0.3) is 0 Å². The van der Waals surface area contributed by atoms with E-state index >= 15 is 0 Å². The van der Waals surface area contributed by atoms with Crippen molar-refractivity contribution in [3.8, 4) is 0 Å². The lowest BCUT2D eigenvalue weighted by atomic mass is 9.78. The van der Waals surface area contributed by atoms with E-state index < -0.39 is 65.6 Å². The Balaban J connectivity index is 3.21. The van der Waals surface area contributed by atoms with E-state index in [-0.39, 0.29) is 79.8 Å². The minimum atomic E-state index is -1.27. The van der Waals surface area contributed by atoms with Crippen molar-refractivity contribution in [1.29, 1.82) is 0 Å². The van der Waals surface area contributed by atoms with Crippen LogP contribution in [0.15, 0.2) is 30.3 Å². The summed E-state index contributed by atoms with van der Waals surface area (Å²) in [6.07, 6.45) is 4.45. The van der Waals surface area contributed by atoms with Gasteiger partial charge in [-0.2, -0.15) is 0 Å². The van der Waals surface area contributed by atoms with Crippen LogP contribution in [0.1, 0.15) is 177 Å². The lowest BCUT2D eigenvalue weighted by Crippen LogP contribution is -2.32. The molecule has 60 heavy (non-hydrogen) atoms. The molecule has 0 saturated heterocycles. The zero-order valence-electron chi connectivity index (χ0n) is 38.2. The van der Waals surface area contributed by atoms with Crippen molar-refractivity contribution in [2.24, 2.45) is 47.3 Å². The van der Waals surface area contributed by atoms with Gasteiger partial charge in [0.15, 0.2) is 0 Å². The van der Waals surface area contributed by atoms with Gasteiger partial charge in [0.1, 0.15) is 40.5 Å². The van der Waals surface area contributed by atoms with Crippen LogP contribution in [0.3, 0.4) is 0 Å². The van der Waals surface area contributed by atoms with Crippen molar-refractivity contribution in [2.45, 2.75) is 183 Å². The van der Waals surface area contributed by atoms with E-state index in [0.717, 1.165) is 37.7 Å². The van der Waals surface area contributed by atoms with Crippen LogP contribution >= 0.6 is 0 Å². The van der Waals surface area contributed by atoms with E-state index in [9.17, 15) is 48.6 Å². The molecule has 0 spiro atoms. The first-order valence-electron chi connectivity index (χ1n) is 23.0. The monoisotopic (exact) mass is 839 g/mol. The van der Waals surface area contributed by atoms with E-state index in [1.54, 1.807) is 13.8 Å². The quantitative estimate of drug-likeness (QED) is 0.0661. The third-order valence-corrected chi connectivity index (χ3v) is 11.9. The number of aliphatic hydroxyl groups is 1. The van der Waals surface area contributed by atoms with Gasteiger partial charge in [0.25, 0.3) is 0 Å². The molecule has 0 aliphatic heterocycles. The van der Waals surface area contributed by atoms with Gasteiger partial charge in [0.05, 0.1) is 18.4 Å². The van der Waals surface area contributed by atoms with Crippen molar-refractivity contribution >= 4 is 46.5 Å². The van der Waals surface area contributed by atoms with Gasteiger partial charge in [-0.1, -0.05) is 117 Å².